The summed E-state index contributed by atoms with van der Waals surface area (Å²) in [5.74, 6) is -1.17. The van der Waals surface area contributed by atoms with Gasteiger partial charge in [0.1, 0.15) is 0 Å². The average molecular weight is 284 g/mol. The Balaban J connectivity index is 0.00000121. The predicted molar refractivity (Wildman–Crippen MR) is 46.2 cm³/mol. The van der Waals surface area contributed by atoms with Crippen LogP contribution in [-0.4, -0.2) is 54.9 Å². The molecule has 0 heterocycles. The monoisotopic (exact) mass is 285 g/mol. The normalized spacial score (nSPS) is 9.33. The molecule has 1 aromatic carbocycles. The van der Waals surface area contributed by atoms with Crippen LogP contribution in [0.3, 0.4) is 0 Å². The molecule has 2 nitrogen and oxygen atoms in total. The summed E-state index contributed by atoms with van der Waals surface area (Å²) in [6.45, 7) is 0. The number of aliphatic carboxylic acids is 1. The molecule has 3 heteroatoms. The summed E-state index contributed by atoms with van der Waals surface area (Å²) in [6, 6.07) is 9.19. The third-order valence-electron chi connectivity index (χ3n) is 1.21. The number of hydrogen-bond donors (Lipinski definition) is 0. The van der Waals surface area contributed by atoms with Crippen LogP contribution in [-0.2, 0) is 4.79 Å². The van der Waals surface area contributed by atoms with Crippen molar-refractivity contribution >= 4 is 60.9 Å². The Hall–Kier alpha value is 0.00143. The topological polar surface area (TPSA) is 40.1 Å². The van der Waals surface area contributed by atoms with E-state index in [9.17, 15) is 9.90 Å². The minimum Gasteiger partial charge on any atom is -0.545 e. The van der Waals surface area contributed by atoms with E-state index in [1.165, 1.54) is 6.08 Å². The van der Waals surface area contributed by atoms with E-state index < -0.39 is 5.97 Å². The minimum atomic E-state index is -1.17. The molecular formula is C9H7BaO2-. The molecule has 0 fully saturated rings. The van der Waals surface area contributed by atoms with Crippen LogP contribution in [0.5, 0.6) is 0 Å². The molecule has 58 valence electrons. The quantitative estimate of drug-likeness (QED) is 0.569. The van der Waals surface area contributed by atoms with Crippen LogP contribution in [0.25, 0.3) is 6.08 Å². The van der Waals surface area contributed by atoms with E-state index in [0.717, 1.165) is 11.6 Å². The number of carboxylic acids is 1. The Bertz CT molecular complexity index is 267. The predicted octanol–water partition coefficient (Wildman–Crippen LogP) is 0.0689. The zero-order valence-electron chi connectivity index (χ0n) is 6.57. The Labute approximate surface area is 111 Å². The molecule has 12 heavy (non-hydrogen) atoms. The first kappa shape index (κ1) is 12.0. The first-order chi connectivity index (χ1) is 5.29. The van der Waals surface area contributed by atoms with Crippen LogP contribution in [0.1, 0.15) is 5.56 Å². The van der Waals surface area contributed by atoms with Gasteiger partial charge in [0.15, 0.2) is 0 Å². The maximum Gasteiger partial charge on any atom is 0.0643 e. The summed E-state index contributed by atoms with van der Waals surface area (Å²) >= 11 is 0. The van der Waals surface area contributed by atoms with E-state index in [1.54, 1.807) is 0 Å². The zero-order valence-corrected chi connectivity index (χ0v) is 11.0. The fourth-order valence-electron chi connectivity index (χ4n) is 0.728. The van der Waals surface area contributed by atoms with Gasteiger partial charge in [0, 0.05) is 48.9 Å². The molecule has 0 unspecified atom stereocenters. The van der Waals surface area contributed by atoms with E-state index in [0.29, 0.717) is 0 Å². The Morgan fingerprint density at radius 3 is 2.33 bits per heavy atom. The smallest absolute Gasteiger partial charge is 0.0643 e. The Morgan fingerprint density at radius 1 is 1.25 bits per heavy atom. The fraction of sp³-hybridized carbons (Fsp3) is 0. The Kier molecular flexibility index (Phi) is 6.51. The Morgan fingerprint density at radius 2 is 1.83 bits per heavy atom. The average Bonchev–Trinajstić information content (AvgIpc) is 2.03. The van der Waals surface area contributed by atoms with Gasteiger partial charge in [-0.15, -0.1) is 0 Å². The van der Waals surface area contributed by atoms with Crippen LogP contribution in [0.2, 0.25) is 0 Å². The maximum atomic E-state index is 9.97. The van der Waals surface area contributed by atoms with Crippen molar-refractivity contribution in [2.24, 2.45) is 0 Å². The van der Waals surface area contributed by atoms with Crippen LogP contribution in [0, 0.1) is 0 Å². The molecule has 2 radical (unpaired) electrons. The van der Waals surface area contributed by atoms with E-state index >= 15 is 0 Å². The van der Waals surface area contributed by atoms with Crippen LogP contribution in [0.15, 0.2) is 36.4 Å². The van der Waals surface area contributed by atoms with Gasteiger partial charge in [-0.05, 0) is 11.6 Å². The van der Waals surface area contributed by atoms with Gasteiger partial charge in [-0.25, -0.2) is 0 Å². The number of carbonyl (C=O) groups is 1. The molecule has 0 aromatic heterocycles. The number of carbonyl (C=O) groups excluding carboxylic acids is 1. The van der Waals surface area contributed by atoms with Crippen molar-refractivity contribution in [2.45, 2.75) is 0 Å². The molecule has 0 saturated carbocycles. The first-order valence-corrected chi connectivity index (χ1v) is 3.23. The van der Waals surface area contributed by atoms with Crippen molar-refractivity contribution in [3.8, 4) is 0 Å². The van der Waals surface area contributed by atoms with E-state index in [4.69, 9.17) is 0 Å². The standard InChI is InChI=1S/C9H8O2.Ba/c10-9(11)7-6-8-4-2-1-3-5-8;/h1-7H,(H,10,11);/p-1/b7-6+;. The number of benzene rings is 1. The van der Waals surface area contributed by atoms with Gasteiger partial charge >= 0.3 is 0 Å². The minimum absolute atomic E-state index is 0. The molecule has 0 N–H and O–H groups in total. The van der Waals surface area contributed by atoms with Crippen molar-refractivity contribution < 1.29 is 9.90 Å². The second kappa shape index (κ2) is 6.51. The van der Waals surface area contributed by atoms with Gasteiger partial charge in [-0.2, -0.15) is 0 Å². The summed E-state index contributed by atoms with van der Waals surface area (Å²) in [4.78, 5) is 9.97. The molecule has 0 amide bonds. The molecule has 1 aromatic rings. The molecule has 0 aliphatic carbocycles. The van der Waals surface area contributed by atoms with Gasteiger partial charge in [0.2, 0.25) is 0 Å². The number of carboxylic acid groups (broad SMARTS) is 1. The molecule has 0 atom stereocenters. The second-order valence-electron chi connectivity index (χ2n) is 2.06. The summed E-state index contributed by atoms with van der Waals surface area (Å²) < 4.78 is 0. The van der Waals surface area contributed by atoms with E-state index in [-0.39, 0.29) is 48.9 Å². The van der Waals surface area contributed by atoms with Crippen molar-refractivity contribution in [3.63, 3.8) is 0 Å². The van der Waals surface area contributed by atoms with Crippen molar-refractivity contribution in [3.05, 3.63) is 42.0 Å². The van der Waals surface area contributed by atoms with Crippen molar-refractivity contribution in [1.29, 1.82) is 0 Å². The van der Waals surface area contributed by atoms with Gasteiger partial charge in [-0.1, -0.05) is 36.4 Å². The third kappa shape index (κ3) is 4.79. The molecule has 0 bridgehead atoms. The second-order valence-corrected chi connectivity index (χ2v) is 2.06. The molecule has 0 saturated heterocycles. The van der Waals surface area contributed by atoms with Crippen LogP contribution < -0.4 is 5.11 Å². The van der Waals surface area contributed by atoms with Crippen LogP contribution >= 0.6 is 0 Å². The van der Waals surface area contributed by atoms with Gasteiger partial charge in [0.05, 0.1) is 5.97 Å². The molecule has 0 spiro atoms. The SMILES string of the molecule is O=C([O-])/C=C/c1ccccc1.[Ba]. The van der Waals surface area contributed by atoms with E-state index in [2.05, 4.69) is 0 Å². The number of hydrogen-bond acceptors (Lipinski definition) is 2. The van der Waals surface area contributed by atoms with Gasteiger partial charge in [0.25, 0.3) is 0 Å². The van der Waals surface area contributed by atoms with Crippen molar-refractivity contribution in [2.75, 3.05) is 0 Å². The fourth-order valence-corrected chi connectivity index (χ4v) is 0.728. The summed E-state index contributed by atoms with van der Waals surface area (Å²) in [6.07, 6.45) is 2.50. The van der Waals surface area contributed by atoms with Crippen molar-refractivity contribution in [1.82, 2.24) is 0 Å². The van der Waals surface area contributed by atoms with Crippen LogP contribution in [0.4, 0.5) is 0 Å². The van der Waals surface area contributed by atoms with E-state index in [1.807, 2.05) is 30.3 Å². The molecule has 1 rings (SSSR count). The third-order valence-corrected chi connectivity index (χ3v) is 1.21. The summed E-state index contributed by atoms with van der Waals surface area (Å²) in [5.41, 5.74) is 0.858. The largest absolute Gasteiger partial charge is 0.545 e. The number of rotatable bonds is 2. The first-order valence-electron chi connectivity index (χ1n) is 3.23. The summed E-state index contributed by atoms with van der Waals surface area (Å²) in [5, 5.41) is 9.97. The summed E-state index contributed by atoms with van der Waals surface area (Å²) in [7, 11) is 0. The van der Waals surface area contributed by atoms with Gasteiger partial charge < -0.3 is 9.90 Å². The maximum absolute atomic E-state index is 9.97. The molecule has 0 aliphatic rings. The molecule has 0 aliphatic heterocycles. The van der Waals surface area contributed by atoms with Gasteiger partial charge in [-0.3, -0.25) is 0 Å². The zero-order chi connectivity index (χ0) is 8.10. The molecular weight excluding hydrogens is 277 g/mol.